The van der Waals surface area contributed by atoms with Crippen molar-refractivity contribution >= 4 is 6.08 Å². The molecule has 0 spiro atoms. The summed E-state index contributed by atoms with van der Waals surface area (Å²) in [5.74, 6) is 0.674. The van der Waals surface area contributed by atoms with Crippen LogP contribution in [0.25, 0.3) is 6.08 Å². The van der Waals surface area contributed by atoms with Crippen LogP contribution in [0.3, 0.4) is 0 Å². The van der Waals surface area contributed by atoms with E-state index in [2.05, 4.69) is 0 Å². The molecule has 2 rings (SSSR count). The number of hydrogen-bond acceptors (Lipinski definition) is 4. The van der Waals surface area contributed by atoms with E-state index in [-0.39, 0.29) is 6.29 Å². The van der Waals surface area contributed by atoms with Crippen molar-refractivity contribution in [1.29, 1.82) is 0 Å². The van der Waals surface area contributed by atoms with Gasteiger partial charge in [0, 0.05) is 12.5 Å². The van der Waals surface area contributed by atoms with Crippen molar-refractivity contribution in [2.75, 3.05) is 6.61 Å². The van der Waals surface area contributed by atoms with Gasteiger partial charge in [0.05, 0.1) is 11.5 Å². The molecule has 1 fully saturated rings. The van der Waals surface area contributed by atoms with Crippen LogP contribution in [0.4, 0.5) is 0 Å². The summed E-state index contributed by atoms with van der Waals surface area (Å²) in [5, 5.41) is 10.2. The molecule has 0 aliphatic carbocycles. The van der Waals surface area contributed by atoms with Gasteiger partial charge in [-0.05, 0) is 30.5 Å². The molecule has 1 atom stereocenters. The molecule has 1 aliphatic rings. The van der Waals surface area contributed by atoms with Gasteiger partial charge in [0.15, 0.2) is 6.29 Å². The maximum absolute atomic E-state index is 10.2. The van der Waals surface area contributed by atoms with E-state index in [4.69, 9.17) is 9.47 Å². The predicted molar refractivity (Wildman–Crippen MR) is 66.7 cm³/mol. The number of rotatable bonds is 4. The van der Waals surface area contributed by atoms with E-state index in [0.29, 0.717) is 5.75 Å². The molecule has 1 aromatic rings. The molecule has 0 saturated carbocycles. The highest BCUT2D eigenvalue weighted by molar-refractivity contribution is 5.50. The second-order valence-corrected chi connectivity index (χ2v) is 4.09. The van der Waals surface area contributed by atoms with E-state index in [9.17, 15) is 10.1 Å². The van der Waals surface area contributed by atoms with Crippen LogP contribution in [0.1, 0.15) is 24.8 Å². The van der Waals surface area contributed by atoms with E-state index in [1.807, 2.05) is 6.07 Å². The lowest BCUT2D eigenvalue weighted by Gasteiger charge is -2.23. The maximum atomic E-state index is 10.2. The Balaban J connectivity index is 2.00. The molecule has 1 unspecified atom stereocenters. The van der Waals surface area contributed by atoms with Gasteiger partial charge in [-0.1, -0.05) is 12.1 Å². The quantitative estimate of drug-likeness (QED) is 0.608. The van der Waals surface area contributed by atoms with Gasteiger partial charge < -0.3 is 9.47 Å². The van der Waals surface area contributed by atoms with Crippen molar-refractivity contribution in [3.8, 4) is 5.75 Å². The molecular formula is C13H15NO4. The zero-order chi connectivity index (χ0) is 12.8. The number of ether oxygens (including phenoxy) is 2. The molecule has 0 amide bonds. The Morgan fingerprint density at radius 2 is 2.33 bits per heavy atom. The van der Waals surface area contributed by atoms with Crippen LogP contribution in [-0.4, -0.2) is 17.8 Å². The Labute approximate surface area is 105 Å². The topological polar surface area (TPSA) is 61.6 Å². The maximum Gasteiger partial charge on any atom is 0.235 e. The van der Waals surface area contributed by atoms with E-state index in [1.165, 1.54) is 6.08 Å². The van der Waals surface area contributed by atoms with Crippen LogP contribution in [0.5, 0.6) is 5.75 Å². The third kappa shape index (κ3) is 3.85. The zero-order valence-corrected chi connectivity index (χ0v) is 9.95. The highest BCUT2D eigenvalue weighted by Crippen LogP contribution is 2.20. The highest BCUT2D eigenvalue weighted by atomic mass is 16.7. The monoisotopic (exact) mass is 249 g/mol. The minimum atomic E-state index is -0.488. The SMILES string of the molecule is O=[N+]([O-])/C=C/c1cccc(OC2CCCCO2)c1. The van der Waals surface area contributed by atoms with E-state index < -0.39 is 4.92 Å². The average Bonchev–Trinajstić information content (AvgIpc) is 2.38. The summed E-state index contributed by atoms with van der Waals surface area (Å²) in [6.07, 6.45) is 5.21. The molecule has 18 heavy (non-hydrogen) atoms. The fraction of sp³-hybridized carbons (Fsp3) is 0.385. The first kappa shape index (κ1) is 12.6. The van der Waals surface area contributed by atoms with Crippen molar-refractivity contribution in [1.82, 2.24) is 0 Å². The lowest BCUT2D eigenvalue weighted by molar-refractivity contribution is -0.400. The largest absolute Gasteiger partial charge is 0.465 e. The normalized spacial score (nSPS) is 19.9. The second-order valence-electron chi connectivity index (χ2n) is 4.09. The Morgan fingerprint density at radius 1 is 1.44 bits per heavy atom. The van der Waals surface area contributed by atoms with Gasteiger partial charge in [-0.15, -0.1) is 0 Å². The first-order valence-corrected chi connectivity index (χ1v) is 5.94. The summed E-state index contributed by atoms with van der Waals surface area (Å²) in [5.41, 5.74) is 0.736. The van der Waals surface area contributed by atoms with Gasteiger partial charge in [-0.2, -0.15) is 0 Å². The summed E-state index contributed by atoms with van der Waals surface area (Å²) < 4.78 is 11.1. The molecule has 5 nitrogen and oxygen atoms in total. The summed E-state index contributed by atoms with van der Waals surface area (Å²) >= 11 is 0. The molecule has 0 bridgehead atoms. The van der Waals surface area contributed by atoms with Crippen molar-refractivity contribution in [2.45, 2.75) is 25.6 Å². The predicted octanol–water partition coefficient (Wildman–Crippen LogP) is 2.84. The van der Waals surface area contributed by atoms with Crippen LogP contribution < -0.4 is 4.74 Å². The average molecular weight is 249 g/mol. The van der Waals surface area contributed by atoms with Crippen LogP contribution in [-0.2, 0) is 4.74 Å². The molecule has 1 heterocycles. The van der Waals surface area contributed by atoms with Gasteiger partial charge in [-0.3, -0.25) is 10.1 Å². The van der Waals surface area contributed by atoms with Gasteiger partial charge >= 0.3 is 0 Å². The van der Waals surface area contributed by atoms with E-state index >= 15 is 0 Å². The fourth-order valence-corrected chi connectivity index (χ4v) is 1.79. The van der Waals surface area contributed by atoms with Crippen LogP contribution in [0.2, 0.25) is 0 Å². The number of benzene rings is 1. The first-order chi connectivity index (χ1) is 8.74. The molecular weight excluding hydrogens is 234 g/mol. The van der Waals surface area contributed by atoms with Gasteiger partial charge in [0.2, 0.25) is 6.20 Å². The first-order valence-electron chi connectivity index (χ1n) is 5.94. The molecule has 5 heteroatoms. The molecule has 1 aliphatic heterocycles. The molecule has 96 valence electrons. The molecule has 1 aromatic carbocycles. The summed E-state index contributed by atoms with van der Waals surface area (Å²) in [4.78, 5) is 9.75. The molecule has 1 saturated heterocycles. The van der Waals surface area contributed by atoms with E-state index in [0.717, 1.165) is 37.6 Å². The molecule has 0 N–H and O–H groups in total. The van der Waals surface area contributed by atoms with Gasteiger partial charge in [0.25, 0.3) is 0 Å². The second kappa shape index (κ2) is 6.16. The number of nitro groups is 1. The third-order valence-electron chi connectivity index (χ3n) is 2.65. The smallest absolute Gasteiger partial charge is 0.235 e. The third-order valence-corrected chi connectivity index (χ3v) is 2.65. The lowest BCUT2D eigenvalue weighted by Crippen LogP contribution is -2.24. The Hall–Kier alpha value is -1.88. The highest BCUT2D eigenvalue weighted by Gasteiger charge is 2.14. The van der Waals surface area contributed by atoms with Gasteiger partial charge in [0.1, 0.15) is 5.75 Å². The Morgan fingerprint density at radius 3 is 3.06 bits per heavy atom. The van der Waals surface area contributed by atoms with E-state index in [1.54, 1.807) is 18.2 Å². The van der Waals surface area contributed by atoms with Gasteiger partial charge in [-0.25, -0.2) is 0 Å². The van der Waals surface area contributed by atoms with Crippen LogP contribution >= 0.6 is 0 Å². The zero-order valence-electron chi connectivity index (χ0n) is 9.95. The lowest BCUT2D eigenvalue weighted by atomic mass is 10.2. The van der Waals surface area contributed by atoms with Crippen LogP contribution in [0.15, 0.2) is 30.5 Å². The minimum absolute atomic E-state index is 0.200. The number of hydrogen-bond donors (Lipinski definition) is 0. The molecule has 0 aromatic heterocycles. The van der Waals surface area contributed by atoms with Crippen LogP contribution in [0, 0.1) is 10.1 Å². The number of nitrogens with zero attached hydrogens (tertiary/aromatic N) is 1. The summed E-state index contributed by atoms with van der Waals surface area (Å²) in [6, 6.07) is 7.17. The van der Waals surface area contributed by atoms with Crippen molar-refractivity contribution < 1.29 is 14.4 Å². The summed E-state index contributed by atoms with van der Waals surface area (Å²) in [6.45, 7) is 0.728. The Kier molecular flexibility index (Phi) is 4.30. The summed E-state index contributed by atoms with van der Waals surface area (Å²) in [7, 11) is 0. The Bertz CT molecular complexity index is 438. The van der Waals surface area contributed by atoms with Crippen molar-refractivity contribution in [3.63, 3.8) is 0 Å². The molecule has 0 radical (unpaired) electrons. The van der Waals surface area contributed by atoms with Crippen molar-refractivity contribution in [2.24, 2.45) is 0 Å². The standard InChI is InChI=1S/C13H15NO4/c15-14(16)8-7-11-4-3-5-12(10-11)18-13-6-1-2-9-17-13/h3-5,7-8,10,13H,1-2,6,9H2/b8-7+. The fourth-order valence-electron chi connectivity index (χ4n) is 1.79. The minimum Gasteiger partial charge on any atom is -0.465 e. The van der Waals surface area contributed by atoms with Crippen molar-refractivity contribution in [3.05, 3.63) is 46.1 Å².